The summed E-state index contributed by atoms with van der Waals surface area (Å²) in [6.45, 7) is 0. The number of carbonyl (C=O) groups is 1. The number of nitrogens with zero attached hydrogens (tertiary/aromatic N) is 4. The molecule has 21 heavy (non-hydrogen) atoms. The number of nitrogens with one attached hydrogen (secondary N) is 2. The van der Waals surface area contributed by atoms with Gasteiger partial charge in [0.05, 0.1) is 21.3 Å². The number of anilines is 1. The van der Waals surface area contributed by atoms with Crippen LogP contribution in [-0.2, 0) is 0 Å². The number of aromatic amines is 1. The summed E-state index contributed by atoms with van der Waals surface area (Å²) in [6, 6.07) is 4.36. The van der Waals surface area contributed by atoms with E-state index in [1.54, 1.807) is 0 Å². The number of hydrogen-bond donors (Lipinski definition) is 3. The van der Waals surface area contributed by atoms with Gasteiger partial charge in [-0.15, -0.1) is 10.2 Å². The van der Waals surface area contributed by atoms with Gasteiger partial charge in [-0.1, -0.05) is 23.2 Å². The smallest absolute Gasteiger partial charge is 0.335 e. The molecule has 0 atom stereocenters. The third-order valence-corrected chi connectivity index (χ3v) is 2.95. The molecule has 0 bridgehead atoms. The van der Waals surface area contributed by atoms with Gasteiger partial charge in [-0.3, -0.25) is 0 Å². The molecule has 0 unspecified atom stereocenters. The zero-order chi connectivity index (χ0) is 15.4. The molecule has 0 fully saturated rings. The molecule has 2 aromatic rings. The number of hydrogen-bond acceptors (Lipinski definition) is 6. The molecule has 0 aliphatic carbocycles. The minimum atomic E-state index is -1.15. The highest BCUT2D eigenvalue weighted by Crippen LogP contribution is 2.32. The lowest BCUT2D eigenvalue weighted by molar-refractivity contribution is 0.0697. The zero-order valence-corrected chi connectivity index (χ0v) is 11.6. The molecule has 1 aromatic carbocycles. The lowest BCUT2D eigenvalue weighted by Crippen LogP contribution is -1.99. The van der Waals surface area contributed by atoms with Gasteiger partial charge in [0.2, 0.25) is 5.82 Å². The van der Waals surface area contributed by atoms with E-state index < -0.39 is 5.97 Å². The van der Waals surface area contributed by atoms with Gasteiger partial charge in [0.15, 0.2) is 0 Å². The van der Waals surface area contributed by atoms with Crippen molar-refractivity contribution in [3.05, 3.63) is 39.8 Å². The summed E-state index contributed by atoms with van der Waals surface area (Å²) in [6.07, 6.45) is 1.29. The number of benzene rings is 1. The van der Waals surface area contributed by atoms with Crippen LogP contribution in [0.25, 0.3) is 5.57 Å². The molecule has 0 saturated carbocycles. The monoisotopic (exact) mass is 324 g/mol. The summed E-state index contributed by atoms with van der Waals surface area (Å²) < 4.78 is 0. The second kappa shape index (κ2) is 6.21. The minimum Gasteiger partial charge on any atom is -0.478 e. The van der Waals surface area contributed by atoms with Crippen LogP contribution >= 0.6 is 23.2 Å². The third-order valence-electron chi connectivity index (χ3n) is 2.36. The van der Waals surface area contributed by atoms with Gasteiger partial charge in [-0.05, 0) is 17.3 Å². The van der Waals surface area contributed by atoms with E-state index in [-0.39, 0.29) is 32.7 Å². The summed E-state index contributed by atoms with van der Waals surface area (Å²) in [4.78, 5) is 10.9. The molecule has 0 aliphatic rings. The fourth-order valence-electron chi connectivity index (χ4n) is 1.40. The number of nitriles is 1. The van der Waals surface area contributed by atoms with Crippen molar-refractivity contribution >= 4 is 40.4 Å². The maximum atomic E-state index is 10.9. The van der Waals surface area contributed by atoms with Crippen LogP contribution in [-0.4, -0.2) is 31.7 Å². The maximum absolute atomic E-state index is 10.9. The van der Waals surface area contributed by atoms with E-state index in [9.17, 15) is 4.79 Å². The van der Waals surface area contributed by atoms with E-state index in [1.165, 1.54) is 18.3 Å². The van der Waals surface area contributed by atoms with Gasteiger partial charge in [-0.25, -0.2) is 4.79 Å². The van der Waals surface area contributed by atoms with Crippen molar-refractivity contribution in [2.45, 2.75) is 0 Å². The van der Waals surface area contributed by atoms with Crippen molar-refractivity contribution in [2.75, 3.05) is 5.32 Å². The molecule has 10 heteroatoms. The number of H-pyrrole nitrogens is 1. The first-order valence-electron chi connectivity index (χ1n) is 5.36. The summed E-state index contributed by atoms with van der Waals surface area (Å²) in [5, 5.41) is 33.7. The molecule has 1 heterocycles. The molecule has 3 N–H and O–H groups in total. The van der Waals surface area contributed by atoms with Gasteiger partial charge >= 0.3 is 5.97 Å². The molecule has 0 aliphatic heterocycles. The number of rotatable bonds is 4. The van der Waals surface area contributed by atoms with Crippen LogP contribution in [0.3, 0.4) is 0 Å². The molecule has 2 rings (SSSR count). The van der Waals surface area contributed by atoms with Crippen molar-refractivity contribution in [3.63, 3.8) is 0 Å². The van der Waals surface area contributed by atoms with Crippen LogP contribution in [0.1, 0.15) is 16.2 Å². The molecule has 0 radical (unpaired) electrons. The molecule has 0 spiro atoms. The van der Waals surface area contributed by atoms with Gasteiger partial charge in [0.25, 0.3) is 0 Å². The maximum Gasteiger partial charge on any atom is 0.335 e. The number of halogens is 2. The van der Waals surface area contributed by atoms with Crippen molar-refractivity contribution in [1.82, 2.24) is 20.6 Å². The third kappa shape index (κ3) is 3.28. The van der Waals surface area contributed by atoms with Crippen LogP contribution in [0, 0.1) is 11.3 Å². The number of carboxylic acid groups (broad SMARTS) is 1. The molecular weight excluding hydrogens is 319 g/mol. The van der Waals surface area contributed by atoms with E-state index in [0.29, 0.717) is 0 Å². The number of carboxylic acids is 1. The fourth-order valence-corrected chi connectivity index (χ4v) is 2.00. The normalized spacial score (nSPS) is 11.0. The van der Waals surface area contributed by atoms with Gasteiger partial charge in [0, 0.05) is 6.20 Å². The molecular formula is C11H6Cl2N6O2. The second-order valence-corrected chi connectivity index (χ2v) is 4.48. The van der Waals surface area contributed by atoms with Crippen LogP contribution in [0.15, 0.2) is 18.3 Å². The van der Waals surface area contributed by atoms with Crippen LogP contribution < -0.4 is 5.32 Å². The summed E-state index contributed by atoms with van der Waals surface area (Å²) in [5.74, 6) is -1.05. The number of aromatic carboxylic acids is 1. The predicted molar refractivity (Wildman–Crippen MR) is 74.8 cm³/mol. The number of allylic oxidation sites excluding steroid dienone is 1. The van der Waals surface area contributed by atoms with E-state index >= 15 is 0 Å². The number of tetrazole rings is 1. The Labute approximate surface area is 128 Å². The van der Waals surface area contributed by atoms with Crippen molar-refractivity contribution in [2.24, 2.45) is 0 Å². The summed E-state index contributed by atoms with van der Waals surface area (Å²) in [7, 11) is 0. The highest BCUT2D eigenvalue weighted by atomic mass is 35.5. The average Bonchev–Trinajstić information content (AvgIpc) is 2.95. The molecule has 1 aromatic heterocycles. The Hall–Kier alpha value is -2.63. The lowest BCUT2D eigenvalue weighted by Gasteiger charge is -2.08. The van der Waals surface area contributed by atoms with E-state index in [4.69, 9.17) is 33.6 Å². The zero-order valence-electron chi connectivity index (χ0n) is 10.1. The summed E-state index contributed by atoms with van der Waals surface area (Å²) >= 11 is 11.9. The highest BCUT2D eigenvalue weighted by molar-refractivity contribution is 6.39. The minimum absolute atomic E-state index is 0.0433. The van der Waals surface area contributed by atoms with Crippen molar-refractivity contribution in [1.29, 1.82) is 5.26 Å². The van der Waals surface area contributed by atoms with Crippen molar-refractivity contribution in [3.8, 4) is 6.07 Å². The first-order chi connectivity index (χ1) is 10.0. The fraction of sp³-hybridized carbons (Fsp3) is 0. The Morgan fingerprint density at radius 2 is 2.10 bits per heavy atom. The number of aromatic nitrogens is 4. The van der Waals surface area contributed by atoms with Crippen LogP contribution in [0.5, 0.6) is 0 Å². The average molecular weight is 325 g/mol. The molecule has 106 valence electrons. The van der Waals surface area contributed by atoms with Crippen LogP contribution in [0.2, 0.25) is 10.0 Å². The Bertz CT molecular complexity index is 728. The van der Waals surface area contributed by atoms with Crippen molar-refractivity contribution < 1.29 is 9.90 Å². The molecule has 0 amide bonds. The first-order valence-corrected chi connectivity index (χ1v) is 6.11. The Morgan fingerprint density at radius 3 is 2.57 bits per heavy atom. The van der Waals surface area contributed by atoms with Gasteiger partial charge < -0.3 is 10.4 Å². The molecule has 8 nitrogen and oxygen atoms in total. The standard InChI is InChI=1S/C11H6Cl2N6O2/c12-7-1-5(11(20)21)2-8(13)9(7)15-4-6(3-14)10-16-18-19-17-10/h1-2,4,15H,(H,20,21)(H,16,17,18,19). The quantitative estimate of drug-likeness (QED) is 0.735. The highest BCUT2D eigenvalue weighted by Gasteiger charge is 2.12. The largest absolute Gasteiger partial charge is 0.478 e. The van der Waals surface area contributed by atoms with Crippen LogP contribution in [0.4, 0.5) is 5.69 Å². The summed E-state index contributed by atoms with van der Waals surface area (Å²) in [5.41, 5.74) is 0.316. The van der Waals surface area contributed by atoms with E-state index in [1.807, 2.05) is 6.07 Å². The SMILES string of the molecule is N#CC(=CNc1c(Cl)cc(C(=O)O)cc1Cl)c1nn[nH]n1. The second-order valence-electron chi connectivity index (χ2n) is 3.67. The Balaban J connectivity index is 2.32. The van der Waals surface area contributed by atoms with E-state index in [0.717, 1.165) is 0 Å². The first kappa shape index (κ1) is 14.8. The van der Waals surface area contributed by atoms with Gasteiger partial charge in [0.1, 0.15) is 11.6 Å². The molecule has 0 saturated heterocycles. The van der Waals surface area contributed by atoms with E-state index in [2.05, 4.69) is 25.9 Å². The predicted octanol–water partition coefficient (Wildman–Crippen LogP) is 2.18. The Kier molecular flexibility index (Phi) is 4.37. The Morgan fingerprint density at radius 1 is 1.43 bits per heavy atom. The lowest BCUT2D eigenvalue weighted by atomic mass is 10.2. The van der Waals surface area contributed by atoms with Gasteiger partial charge in [-0.2, -0.15) is 10.5 Å². The topological polar surface area (TPSA) is 128 Å².